The SMILES string of the molecule is CN(C(=O)OC(C)(C)C)[C@H](CCN=[N+]=[N-])C(=O)O. The lowest BCUT2D eigenvalue weighted by Gasteiger charge is -2.28. The highest BCUT2D eigenvalue weighted by Crippen LogP contribution is 2.12. The van der Waals surface area contributed by atoms with Crippen LogP contribution < -0.4 is 0 Å². The van der Waals surface area contributed by atoms with Crippen LogP contribution in [0.5, 0.6) is 0 Å². The maximum Gasteiger partial charge on any atom is 0.410 e. The van der Waals surface area contributed by atoms with Gasteiger partial charge in [-0.25, -0.2) is 9.59 Å². The van der Waals surface area contributed by atoms with Crippen LogP contribution in [0.25, 0.3) is 10.4 Å². The van der Waals surface area contributed by atoms with E-state index in [2.05, 4.69) is 10.0 Å². The van der Waals surface area contributed by atoms with E-state index in [1.54, 1.807) is 20.8 Å². The summed E-state index contributed by atoms with van der Waals surface area (Å²) >= 11 is 0. The fourth-order valence-electron chi connectivity index (χ4n) is 1.17. The molecule has 18 heavy (non-hydrogen) atoms. The number of rotatable bonds is 5. The van der Waals surface area contributed by atoms with Gasteiger partial charge in [0, 0.05) is 18.5 Å². The molecule has 0 aromatic rings. The summed E-state index contributed by atoms with van der Waals surface area (Å²) in [5.41, 5.74) is 7.43. The molecule has 1 amide bonds. The third-order valence-corrected chi connectivity index (χ3v) is 2.00. The summed E-state index contributed by atoms with van der Waals surface area (Å²) < 4.78 is 5.06. The minimum absolute atomic E-state index is 0.000600. The van der Waals surface area contributed by atoms with E-state index in [-0.39, 0.29) is 13.0 Å². The normalized spacial score (nSPS) is 12.2. The van der Waals surface area contributed by atoms with Crippen molar-refractivity contribution in [3.8, 4) is 0 Å². The number of nitrogens with zero attached hydrogens (tertiary/aromatic N) is 4. The first-order valence-corrected chi connectivity index (χ1v) is 5.38. The molecule has 102 valence electrons. The van der Waals surface area contributed by atoms with Gasteiger partial charge in [-0.05, 0) is 32.7 Å². The number of carboxylic acids is 1. The lowest BCUT2D eigenvalue weighted by molar-refractivity contribution is -0.142. The van der Waals surface area contributed by atoms with E-state index in [4.69, 9.17) is 15.4 Å². The molecule has 0 aromatic carbocycles. The third-order valence-electron chi connectivity index (χ3n) is 2.00. The predicted octanol–water partition coefficient (Wildman–Crippen LogP) is 2.01. The zero-order valence-corrected chi connectivity index (χ0v) is 11.0. The summed E-state index contributed by atoms with van der Waals surface area (Å²) in [5.74, 6) is -1.17. The van der Waals surface area contributed by atoms with Gasteiger partial charge >= 0.3 is 12.1 Å². The first-order valence-electron chi connectivity index (χ1n) is 5.38. The smallest absolute Gasteiger partial charge is 0.410 e. The first kappa shape index (κ1) is 16.1. The number of hydrogen-bond donors (Lipinski definition) is 1. The van der Waals surface area contributed by atoms with Crippen molar-refractivity contribution >= 4 is 12.1 Å². The van der Waals surface area contributed by atoms with Gasteiger partial charge in [0.25, 0.3) is 0 Å². The number of hydrogen-bond acceptors (Lipinski definition) is 4. The maximum atomic E-state index is 11.7. The molecular weight excluding hydrogens is 240 g/mol. The molecule has 0 heterocycles. The number of likely N-dealkylation sites (N-methyl/N-ethyl adjacent to an activating group) is 1. The number of carboxylic acid groups (broad SMARTS) is 1. The fraction of sp³-hybridized carbons (Fsp3) is 0.800. The Bertz CT molecular complexity index is 357. The molecule has 0 aliphatic carbocycles. The Hall–Kier alpha value is -1.95. The van der Waals surface area contributed by atoms with E-state index in [9.17, 15) is 9.59 Å². The Kier molecular flexibility index (Phi) is 5.98. The van der Waals surface area contributed by atoms with Crippen LogP contribution in [0, 0.1) is 0 Å². The quantitative estimate of drug-likeness (QED) is 0.461. The summed E-state index contributed by atoms with van der Waals surface area (Å²) in [6.07, 6.45) is -0.689. The molecule has 0 rings (SSSR count). The van der Waals surface area contributed by atoms with Gasteiger partial charge in [0.15, 0.2) is 0 Å². The summed E-state index contributed by atoms with van der Waals surface area (Å²) in [5, 5.41) is 12.3. The topological polar surface area (TPSA) is 116 Å². The Balaban J connectivity index is 4.65. The number of ether oxygens (including phenoxy) is 1. The highest BCUT2D eigenvalue weighted by Gasteiger charge is 2.29. The molecule has 0 fully saturated rings. The predicted molar refractivity (Wildman–Crippen MR) is 64.1 cm³/mol. The molecule has 8 nitrogen and oxygen atoms in total. The van der Waals surface area contributed by atoms with Crippen molar-refractivity contribution in [2.24, 2.45) is 5.11 Å². The fourth-order valence-corrected chi connectivity index (χ4v) is 1.17. The lowest BCUT2D eigenvalue weighted by Crippen LogP contribution is -2.45. The minimum Gasteiger partial charge on any atom is -0.480 e. The molecule has 0 aliphatic rings. The van der Waals surface area contributed by atoms with Crippen molar-refractivity contribution in [1.29, 1.82) is 0 Å². The van der Waals surface area contributed by atoms with Gasteiger partial charge in [0.05, 0.1) is 0 Å². The molecular formula is C10H18N4O4. The average Bonchev–Trinajstić information content (AvgIpc) is 2.20. The molecule has 0 radical (unpaired) electrons. The van der Waals surface area contributed by atoms with Crippen LogP contribution in [-0.2, 0) is 9.53 Å². The van der Waals surface area contributed by atoms with Crippen LogP contribution in [0.1, 0.15) is 27.2 Å². The Labute approximate surface area is 105 Å². The van der Waals surface area contributed by atoms with Crippen LogP contribution >= 0.6 is 0 Å². The van der Waals surface area contributed by atoms with E-state index >= 15 is 0 Å². The van der Waals surface area contributed by atoms with E-state index < -0.39 is 23.7 Å². The molecule has 1 N–H and O–H groups in total. The van der Waals surface area contributed by atoms with Gasteiger partial charge in [-0.1, -0.05) is 5.11 Å². The molecule has 1 atom stereocenters. The number of amides is 1. The number of aliphatic carboxylic acids is 1. The molecule has 0 aliphatic heterocycles. The Morgan fingerprint density at radius 2 is 2.06 bits per heavy atom. The Morgan fingerprint density at radius 3 is 2.44 bits per heavy atom. The van der Waals surface area contributed by atoms with Gasteiger partial charge < -0.3 is 9.84 Å². The number of carbonyl (C=O) groups excluding carboxylic acids is 1. The van der Waals surface area contributed by atoms with Crippen LogP contribution in [0.2, 0.25) is 0 Å². The third kappa shape index (κ3) is 5.95. The largest absolute Gasteiger partial charge is 0.480 e. The molecule has 0 unspecified atom stereocenters. The van der Waals surface area contributed by atoms with Gasteiger partial charge in [0.1, 0.15) is 11.6 Å². The summed E-state index contributed by atoms with van der Waals surface area (Å²) in [6, 6.07) is -1.08. The van der Waals surface area contributed by atoms with Crippen LogP contribution in [0.4, 0.5) is 4.79 Å². The molecule has 8 heteroatoms. The van der Waals surface area contributed by atoms with Gasteiger partial charge in [-0.3, -0.25) is 4.90 Å². The summed E-state index contributed by atoms with van der Waals surface area (Å²) in [6.45, 7) is 5.07. The molecule has 0 aromatic heterocycles. The second-order valence-corrected chi connectivity index (χ2v) is 4.69. The zero-order valence-electron chi connectivity index (χ0n) is 11.0. The van der Waals surface area contributed by atoms with E-state index in [1.165, 1.54) is 7.05 Å². The molecule has 0 bridgehead atoms. The Morgan fingerprint density at radius 1 is 1.50 bits per heavy atom. The first-order chi connectivity index (χ1) is 8.19. The molecule has 0 saturated carbocycles. The van der Waals surface area contributed by atoms with E-state index in [1.807, 2.05) is 0 Å². The number of azide groups is 1. The monoisotopic (exact) mass is 258 g/mol. The van der Waals surface area contributed by atoms with Crippen molar-refractivity contribution in [3.63, 3.8) is 0 Å². The van der Waals surface area contributed by atoms with Crippen molar-refractivity contribution in [2.45, 2.75) is 38.8 Å². The standard InChI is InChI=1S/C10H18N4O4/c1-10(2,3)18-9(17)14(4)7(8(15)16)5-6-12-13-11/h7H,5-6H2,1-4H3,(H,15,16)/t7-/m1/s1. The van der Waals surface area contributed by atoms with Crippen molar-refractivity contribution in [3.05, 3.63) is 10.4 Å². The second-order valence-electron chi connectivity index (χ2n) is 4.69. The summed E-state index contributed by atoms with van der Waals surface area (Å²) in [4.78, 5) is 26.2. The van der Waals surface area contributed by atoms with Crippen LogP contribution in [-0.4, -0.2) is 47.3 Å². The van der Waals surface area contributed by atoms with Crippen molar-refractivity contribution < 1.29 is 19.4 Å². The van der Waals surface area contributed by atoms with Crippen LogP contribution in [0.15, 0.2) is 5.11 Å². The van der Waals surface area contributed by atoms with E-state index in [0.29, 0.717) is 0 Å². The second kappa shape index (κ2) is 6.70. The lowest BCUT2D eigenvalue weighted by atomic mass is 10.2. The average molecular weight is 258 g/mol. The number of carbonyl (C=O) groups is 2. The van der Waals surface area contributed by atoms with Gasteiger partial charge in [-0.2, -0.15) is 0 Å². The minimum atomic E-state index is -1.17. The highest BCUT2D eigenvalue weighted by atomic mass is 16.6. The van der Waals surface area contributed by atoms with Crippen LogP contribution in [0.3, 0.4) is 0 Å². The summed E-state index contributed by atoms with van der Waals surface area (Å²) in [7, 11) is 1.34. The van der Waals surface area contributed by atoms with Gasteiger partial charge in [-0.15, -0.1) is 0 Å². The van der Waals surface area contributed by atoms with Crippen molar-refractivity contribution in [2.75, 3.05) is 13.6 Å². The van der Waals surface area contributed by atoms with Crippen molar-refractivity contribution in [1.82, 2.24) is 4.90 Å². The zero-order chi connectivity index (χ0) is 14.3. The molecule has 0 spiro atoms. The maximum absolute atomic E-state index is 11.7. The highest BCUT2D eigenvalue weighted by molar-refractivity contribution is 5.79. The molecule has 0 saturated heterocycles. The van der Waals surface area contributed by atoms with Gasteiger partial charge in [0.2, 0.25) is 0 Å². The van der Waals surface area contributed by atoms with E-state index in [0.717, 1.165) is 4.90 Å².